The zero-order chi connectivity index (χ0) is 20.2. The van der Waals surface area contributed by atoms with Gasteiger partial charge in [-0.15, -0.1) is 0 Å². The minimum atomic E-state index is -0.453. The number of aromatic nitrogens is 1. The largest absolute Gasteiger partial charge is 0.486 e. The minimum Gasteiger partial charge on any atom is -0.486 e. The zero-order valence-corrected chi connectivity index (χ0v) is 17.3. The highest BCUT2D eigenvalue weighted by atomic mass is 35.5. The molecule has 0 atom stereocenters. The van der Waals surface area contributed by atoms with Gasteiger partial charge in [0.25, 0.3) is 6.01 Å². The predicted octanol–water partition coefficient (Wildman–Crippen LogP) is 5.61. The van der Waals surface area contributed by atoms with Crippen LogP contribution in [0, 0.1) is 0 Å². The number of Topliss-reactive ketones (excluding diaryl/α,β-unsaturated/α-hetero) is 1. The van der Waals surface area contributed by atoms with Gasteiger partial charge >= 0.3 is 0 Å². The number of hydrogen-bond acceptors (Lipinski definition) is 5. The Kier molecular flexibility index (Phi) is 4.32. The third kappa shape index (κ3) is 3.27. The van der Waals surface area contributed by atoms with Crippen molar-refractivity contribution in [3.63, 3.8) is 0 Å². The fourth-order valence-corrected chi connectivity index (χ4v) is 4.45. The lowest BCUT2D eigenvalue weighted by Gasteiger charge is -2.43. The molecule has 0 bridgehead atoms. The second-order valence-electron chi connectivity index (χ2n) is 8.39. The van der Waals surface area contributed by atoms with Gasteiger partial charge in [0.15, 0.2) is 11.4 Å². The Balaban J connectivity index is 1.35. The van der Waals surface area contributed by atoms with Crippen molar-refractivity contribution >= 4 is 34.5 Å². The number of rotatable bonds is 2. The van der Waals surface area contributed by atoms with E-state index in [0.717, 1.165) is 37.0 Å². The lowest BCUT2D eigenvalue weighted by Crippen LogP contribution is -2.51. The monoisotopic (exact) mass is 410 g/mol. The maximum Gasteiger partial charge on any atom is 0.298 e. The number of piperidine rings is 1. The Hall–Kier alpha value is -2.53. The fourth-order valence-electron chi connectivity index (χ4n) is 4.28. The van der Waals surface area contributed by atoms with Gasteiger partial charge in [0.1, 0.15) is 16.9 Å². The summed E-state index contributed by atoms with van der Waals surface area (Å²) < 4.78 is 12.3. The average molecular weight is 411 g/mol. The standard InChI is InChI=1S/C23H23ClN2O3/c1-14(2)15-3-5-21-18(11-15)25-22(28-21)26-9-7-23(8-10-26)13-19(27)17-12-16(24)4-6-20(17)29-23/h3-6,11-12,14H,7-10,13H2,1-2H3. The number of nitrogens with zero attached hydrogens (tertiary/aromatic N) is 2. The number of ketones is 1. The lowest BCUT2D eigenvalue weighted by molar-refractivity contribution is 0.0227. The van der Waals surface area contributed by atoms with Crippen molar-refractivity contribution in [2.45, 2.75) is 44.6 Å². The van der Waals surface area contributed by atoms with Crippen molar-refractivity contribution in [3.8, 4) is 5.75 Å². The van der Waals surface area contributed by atoms with Crippen molar-refractivity contribution < 1.29 is 13.9 Å². The number of oxazole rings is 1. The smallest absolute Gasteiger partial charge is 0.298 e. The summed E-state index contributed by atoms with van der Waals surface area (Å²) in [6.45, 7) is 5.81. The third-order valence-electron chi connectivity index (χ3n) is 6.06. The summed E-state index contributed by atoms with van der Waals surface area (Å²) in [5.41, 5.74) is 3.08. The first-order valence-corrected chi connectivity index (χ1v) is 10.5. The molecule has 150 valence electrons. The lowest BCUT2D eigenvalue weighted by atomic mass is 9.82. The van der Waals surface area contributed by atoms with Gasteiger partial charge in [0.2, 0.25) is 0 Å². The van der Waals surface area contributed by atoms with Crippen molar-refractivity contribution in [3.05, 3.63) is 52.5 Å². The van der Waals surface area contributed by atoms with E-state index in [1.165, 1.54) is 5.56 Å². The zero-order valence-electron chi connectivity index (χ0n) is 16.6. The molecule has 1 spiro atoms. The number of carbonyl (C=O) groups excluding carboxylic acids is 1. The fraction of sp³-hybridized carbons (Fsp3) is 0.391. The quantitative estimate of drug-likeness (QED) is 0.549. The molecule has 1 fully saturated rings. The maximum absolute atomic E-state index is 12.7. The van der Waals surface area contributed by atoms with Gasteiger partial charge in [-0.3, -0.25) is 4.79 Å². The van der Waals surface area contributed by atoms with Crippen LogP contribution in [0.15, 0.2) is 40.8 Å². The van der Waals surface area contributed by atoms with E-state index < -0.39 is 5.60 Å². The molecule has 5 rings (SSSR count). The third-order valence-corrected chi connectivity index (χ3v) is 6.30. The summed E-state index contributed by atoms with van der Waals surface area (Å²) in [4.78, 5) is 19.5. The molecule has 1 saturated heterocycles. The molecule has 5 nitrogen and oxygen atoms in total. The maximum atomic E-state index is 12.7. The summed E-state index contributed by atoms with van der Waals surface area (Å²) in [7, 11) is 0. The Morgan fingerprint density at radius 2 is 1.93 bits per heavy atom. The van der Waals surface area contributed by atoms with E-state index in [0.29, 0.717) is 34.7 Å². The van der Waals surface area contributed by atoms with E-state index in [1.54, 1.807) is 18.2 Å². The van der Waals surface area contributed by atoms with Crippen molar-refractivity contribution in [1.82, 2.24) is 4.98 Å². The highest BCUT2D eigenvalue weighted by molar-refractivity contribution is 6.31. The SMILES string of the molecule is CC(C)c1ccc2oc(N3CCC4(CC3)CC(=O)c3cc(Cl)ccc3O4)nc2c1. The Labute approximate surface area is 174 Å². The normalized spacial score (nSPS) is 18.3. The summed E-state index contributed by atoms with van der Waals surface area (Å²) in [6, 6.07) is 12.1. The molecule has 3 heterocycles. The van der Waals surface area contributed by atoms with Gasteiger partial charge in [-0.2, -0.15) is 4.98 Å². The summed E-state index contributed by atoms with van der Waals surface area (Å²) in [5.74, 6) is 1.19. The van der Waals surface area contributed by atoms with Crippen LogP contribution in [0.2, 0.25) is 5.02 Å². The van der Waals surface area contributed by atoms with E-state index >= 15 is 0 Å². The Morgan fingerprint density at radius 1 is 1.14 bits per heavy atom. The molecule has 2 aliphatic heterocycles. The van der Waals surface area contributed by atoms with Gasteiger partial charge in [0, 0.05) is 31.0 Å². The highest BCUT2D eigenvalue weighted by Crippen LogP contribution is 2.41. The molecule has 0 amide bonds. The average Bonchev–Trinajstić information content (AvgIpc) is 3.12. The molecule has 6 heteroatoms. The van der Waals surface area contributed by atoms with Crippen LogP contribution in [0.4, 0.5) is 6.01 Å². The molecule has 0 unspecified atom stereocenters. The first kappa shape index (κ1) is 18.5. The number of carbonyl (C=O) groups is 1. The molecule has 2 aromatic carbocycles. The van der Waals surface area contributed by atoms with Crippen LogP contribution in [-0.2, 0) is 0 Å². The molecule has 29 heavy (non-hydrogen) atoms. The molecule has 0 aliphatic carbocycles. The van der Waals surface area contributed by atoms with E-state index in [9.17, 15) is 4.79 Å². The molecule has 0 saturated carbocycles. The molecular weight excluding hydrogens is 388 g/mol. The highest BCUT2D eigenvalue weighted by Gasteiger charge is 2.43. The molecule has 0 radical (unpaired) electrons. The van der Waals surface area contributed by atoms with E-state index in [2.05, 4.69) is 30.9 Å². The van der Waals surface area contributed by atoms with Gasteiger partial charge in [-0.05, 0) is 41.8 Å². The van der Waals surface area contributed by atoms with Crippen LogP contribution in [0.25, 0.3) is 11.1 Å². The molecule has 1 aromatic heterocycles. The number of anilines is 1. The Bertz CT molecular complexity index is 1100. The second-order valence-corrected chi connectivity index (χ2v) is 8.83. The number of hydrogen-bond donors (Lipinski definition) is 0. The van der Waals surface area contributed by atoms with Crippen LogP contribution >= 0.6 is 11.6 Å². The van der Waals surface area contributed by atoms with Crippen molar-refractivity contribution in [2.75, 3.05) is 18.0 Å². The van der Waals surface area contributed by atoms with Gasteiger partial charge in [-0.25, -0.2) is 0 Å². The molecule has 2 aliphatic rings. The second kappa shape index (κ2) is 6.77. The number of halogens is 1. The summed E-state index contributed by atoms with van der Waals surface area (Å²) >= 11 is 6.03. The van der Waals surface area contributed by atoms with Crippen LogP contribution in [0.1, 0.15) is 54.9 Å². The molecular formula is C23H23ClN2O3. The first-order chi connectivity index (χ1) is 13.9. The molecule has 3 aromatic rings. The summed E-state index contributed by atoms with van der Waals surface area (Å²) in [5, 5.41) is 0.558. The Morgan fingerprint density at radius 3 is 2.69 bits per heavy atom. The number of fused-ring (bicyclic) bond motifs is 2. The van der Waals surface area contributed by atoms with Gasteiger partial charge < -0.3 is 14.1 Å². The number of ether oxygens (including phenoxy) is 1. The minimum absolute atomic E-state index is 0.102. The van der Waals surface area contributed by atoms with Crippen LogP contribution in [0.3, 0.4) is 0 Å². The van der Waals surface area contributed by atoms with Crippen LogP contribution < -0.4 is 9.64 Å². The predicted molar refractivity (Wildman–Crippen MR) is 113 cm³/mol. The van der Waals surface area contributed by atoms with E-state index in [4.69, 9.17) is 25.7 Å². The van der Waals surface area contributed by atoms with Gasteiger partial charge in [-0.1, -0.05) is 31.5 Å². The van der Waals surface area contributed by atoms with Crippen LogP contribution in [-0.4, -0.2) is 29.5 Å². The first-order valence-electron chi connectivity index (χ1n) is 10.1. The number of benzene rings is 2. The topological polar surface area (TPSA) is 55.6 Å². The van der Waals surface area contributed by atoms with Crippen molar-refractivity contribution in [2.24, 2.45) is 0 Å². The van der Waals surface area contributed by atoms with E-state index in [1.807, 2.05) is 6.07 Å². The summed E-state index contributed by atoms with van der Waals surface area (Å²) in [6.07, 6.45) is 1.88. The van der Waals surface area contributed by atoms with Gasteiger partial charge in [0.05, 0.1) is 12.0 Å². The molecule has 0 N–H and O–H groups in total. The van der Waals surface area contributed by atoms with E-state index in [-0.39, 0.29) is 5.78 Å². The van der Waals surface area contributed by atoms with Crippen LogP contribution in [0.5, 0.6) is 5.75 Å². The van der Waals surface area contributed by atoms with Crippen molar-refractivity contribution in [1.29, 1.82) is 0 Å².